The molecule has 2 aromatic rings. The topological polar surface area (TPSA) is 46.9 Å². The van der Waals surface area contributed by atoms with E-state index < -0.39 is 0 Å². The van der Waals surface area contributed by atoms with E-state index in [1.54, 1.807) is 12.1 Å². The van der Waals surface area contributed by atoms with E-state index in [0.717, 1.165) is 5.69 Å². The lowest BCUT2D eigenvalue weighted by molar-refractivity contribution is 0.101. The van der Waals surface area contributed by atoms with Gasteiger partial charge in [0.15, 0.2) is 0 Å². The van der Waals surface area contributed by atoms with Gasteiger partial charge in [0, 0.05) is 12.7 Å². The maximum absolute atomic E-state index is 12.0. The second-order valence-corrected chi connectivity index (χ2v) is 5.08. The molecule has 94 valence electrons. The first-order valence-corrected chi connectivity index (χ1v) is 6.41. The lowest BCUT2D eigenvalue weighted by atomic mass is 10.3. The minimum absolute atomic E-state index is 0.179. The second kappa shape index (κ2) is 5.12. The molecule has 4 nitrogen and oxygen atoms in total. The van der Waals surface area contributed by atoms with Crippen molar-refractivity contribution in [2.24, 2.45) is 7.05 Å². The minimum Gasteiger partial charge on any atom is -0.344 e. The second-order valence-electron chi connectivity index (χ2n) is 3.87. The van der Waals surface area contributed by atoms with Gasteiger partial charge in [0.05, 0.1) is 16.4 Å². The summed E-state index contributed by atoms with van der Waals surface area (Å²) in [5.41, 5.74) is 2.21. The third-order valence-electron chi connectivity index (χ3n) is 2.66. The van der Waals surface area contributed by atoms with Gasteiger partial charge >= 0.3 is 0 Å². The summed E-state index contributed by atoms with van der Waals surface area (Å²) in [4.78, 5) is 16.0. The van der Waals surface area contributed by atoms with Gasteiger partial charge in [0.1, 0.15) is 10.8 Å². The molecule has 0 aromatic carbocycles. The van der Waals surface area contributed by atoms with Crippen molar-refractivity contribution in [3.05, 3.63) is 45.4 Å². The summed E-state index contributed by atoms with van der Waals surface area (Å²) in [6, 6.07) is 5.39. The number of carbonyl (C=O) groups is 1. The maximum Gasteiger partial charge on any atom is 0.272 e. The Kier molecular flexibility index (Phi) is 3.73. The van der Waals surface area contributed by atoms with Crippen molar-refractivity contribution in [3.63, 3.8) is 0 Å². The summed E-state index contributed by atoms with van der Waals surface area (Å²) < 4.78 is 2.47. The van der Waals surface area contributed by atoms with Crippen molar-refractivity contribution in [3.8, 4) is 0 Å². The van der Waals surface area contributed by atoms with Crippen LogP contribution in [0.15, 0.2) is 28.9 Å². The average Bonchev–Trinajstić information content (AvgIpc) is 2.65. The molecule has 0 fully saturated rings. The fraction of sp³-hybridized carbons (Fsp3) is 0.167. The van der Waals surface area contributed by atoms with Crippen LogP contribution in [0.1, 0.15) is 16.2 Å². The molecule has 6 heteroatoms. The fourth-order valence-electron chi connectivity index (χ4n) is 1.53. The Balaban J connectivity index is 2.21. The Morgan fingerprint density at radius 1 is 1.50 bits per heavy atom. The number of hydrogen-bond donors (Lipinski definition) is 1. The number of aryl methyl sites for hydroxylation is 1. The summed E-state index contributed by atoms with van der Waals surface area (Å²) in [7, 11) is 1.85. The van der Waals surface area contributed by atoms with E-state index in [9.17, 15) is 4.79 Å². The van der Waals surface area contributed by atoms with E-state index in [2.05, 4.69) is 26.2 Å². The molecular weight excluding hydrogens is 318 g/mol. The molecule has 0 atom stereocenters. The van der Waals surface area contributed by atoms with Crippen LogP contribution in [0.25, 0.3) is 0 Å². The van der Waals surface area contributed by atoms with Gasteiger partial charge in [-0.3, -0.25) is 4.79 Å². The van der Waals surface area contributed by atoms with E-state index in [0.29, 0.717) is 21.0 Å². The molecule has 0 saturated carbocycles. The number of rotatable bonds is 2. The largest absolute Gasteiger partial charge is 0.344 e. The zero-order valence-corrected chi connectivity index (χ0v) is 12.2. The van der Waals surface area contributed by atoms with Crippen molar-refractivity contribution >= 4 is 39.1 Å². The summed E-state index contributed by atoms with van der Waals surface area (Å²) in [6.07, 6.45) is 1.51. The number of carbonyl (C=O) groups excluding carboxylic acids is 1. The van der Waals surface area contributed by atoms with E-state index >= 15 is 0 Å². The molecule has 2 rings (SSSR count). The molecule has 0 aliphatic heterocycles. The summed E-state index contributed by atoms with van der Waals surface area (Å²) >= 11 is 9.05. The standard InChI is InChI=1S/C12H11BrClN3O/c1-7-3-4-10(17(7)2)12(18)16-8-5-9(13)11(14)15-6-8/h3-6H,1-2H3,(H,16,18). The van der Waals surface area contributed by atoms with Gasteiger partial charge in [0.2, 0.25) is 0 Å². The van der Waals surface area contributed by atoms with Crippen molar-refractivity contribution in [2.75, 3.05) is 5.32 Å². The summed E-state index contributed by atoms with van der Waals surface area (Å²) in [6.45, 7) is 1.94. The number of amides is 1. The van der Waals surface area contributed by atoms with Crippen LogP contribution in [-0.2, 0) is 7.05 Å². The van der Waals surface area contributed by atoms with Crippen molar-refractivity contribution in [1.29, 1.82) is 0 Å². The molecule has 2 heterocycles. The SMILES string of the molecule is Cc1ccc(C(=O)Nc2cnc(Cl)c(Br)c2)n1C. The van der Waals surface area contributed by atoms with Crippen molar-refractivity contribution in [2.45, 2.75) is 6.92 Å². The lowest BCUT2D eigenvalue weighted by Crippen LogP contribution is -2.16. The number of halogens is 2. The number of nitrogens with one attached hydrogen (secondary N) is 1. The van der Waals surface area contributed by atoms with Gasteiger partial charge in [-0.2, -0.15) is 0 Å². The third kappa shape index (κ3) is 2.57. The van der Waals surface area contributed by atoms with Gasteiger partial charge in [-0.25, -0.2) is 4.98 Å². The monoisotopic (exact) mass is 327 g/mol. The molecule has 0 unspecified atom stereocenters. The Labute approximate surface area is 118 Å². The first-order valence-electron chi connectivity index (χ1n) is 5.24. The van der Waals surface area contributed by atoms with Crippen LogP contribution in [0.4, 0.5) is 5.69 Å². The molecule has 0 aliphatic carbocycles. The molecular formula is C12H11BrClN3O. The van der Waals surface area contributed by atoms with Crippen LogP contribution in [-0.4, -0.2) is 15.5 Å². The fourth-order valence-corrected chi connectivity index (χ4v) is 1.98. The molecule has 1 N–H and O–H groups in total. The van der Waals surface area contributed by atoms with Crippen LogP contribution in [0.2, 0.25) is 5.15 Å². The number of hydrogen-bond acceptors (Lipinski definition) is 2. The van der Waals surface area contributed by atoms with Gasteiger partial charge in [0.25, 0.3) is 5.91 Å². The molecule has 0 aliphatic rings. The maximum atomic E-state index is 12.0. The Morgan fingerprint density at radius 2 is 2.22 bits per heavy atom. The van der Waals surface area contributed by atoms with Crippen LogP contribution in [0, 0.1) is 6.92 Å². The van der Waals surface area contributed by atoms with Crippen LogP contribution in [0.5, 0.6) is 0 Å². The summed E-state index contributed by atoms with van der Waals surface area (Å²) in [5.74, 6) is -0.179. The van der Waals surface area contributed by atoms with Gasteiger partial charge in [-0.05, 0) is 41.1 Å². The van der Waals surface area contributed by atoms with Crippen LogP contribution >= 0.6 is 27.5 Å². The minimum atomic E-state index is -0.179. The van der Waals surface area contributed by atoms with Crippen LogP contribution < -0.4 is 5.32 Å². The highest BCUT2D eigenvalue weighted by atomic mass is 79.9. The molecule has 0 bridgehead atoms. The number of nitrogens with zero attached hydrogens (tertiary/aromatic N) is 2. The highest BCUT2D eigenvalue weighted by Gasteiger charge is 2.11. The summed E-state index contributed by atoms with van der Waals surface area (Å²) in [5, 5.41) is 3.13. The highest BCUT2D eigenvalue weighted by molar-refractivity contribution is 9.10. The molecule has 1 amide bonds. The number of anilines is 1. The predicted molar refractivity (Wildman–Crippen MR) is 75.1 cm³/mol. The smallest absolute Gasteiger partial charge is 0.272 e. The zero-order chi connectivity index (χ0) is 13.3. The first kappa shape index (κ1) is 13.1. The van der Waals surface area contributed by atoms with Gasteiger partial charge < -0.3 is 9.88 Å². The Hall–Kier alpha value is -1.33. The molecule has 0 spiro atoms. The van der Waals surface area contributed by atoms with Crippen LogP contribution in [0.3, 0.4) is 0 Å². The quantitative estimate of drug-likeness (QED) is 0.859. The third-order valence-corrected chi connectivity index (χ3v) is 3.79. The van der Waals surface area contributed by atoms with Gasteiger partial charge in [-0.1, -0.05) is 11.6 Å². The number of aromatic nitrogens is 2. The first-order chi connectivity index (χ1) is 8.49. The molecule has 18 heavy (non-hydrogen) atoms. The molecule has 2 aromatic heterocycles. The average molecular weight is 329 g/mol. The zero-order valence-electron chi connectivity index (χ0n) is 9.87. The Morgan fingerprint density at radius 3 is 2.78 bits per heavy atom. The molecule has 0 radical (unpaired) electrons. The Bertz CT molecular complexity index is 609. The number of pyridine rings is 1. The van der Waals surface area contributed by atoms with E-state index in [1.807, 2.05) is 24.6 Å². The van der Waals surface area contributed by atoms with E-state index in [-0.39, 0.29) is 5.91 Å². The normalized spacial score (nSPS) is 10.4. The highest BCUT2D eigenvalue weighted by Crippen LogP contribution is 2.23. The molecule has 0 saturated heterocycles. The predicted octanol–water partition coefficient (Wildman–Crippen LogP) is 3.40. The van der Waals surface area contributed by atoms with E-state index in [4.69, 9.17) is 11.6 Å². The van der Waals surface area contributed by atoms with Crippen molar-refractivity contribution < 1.29 is 4.79 Å². The lowest BCUT2D eigenvalue weighted by Gasteiger charge is -2.07. The van der Waals surface area contributed by atoms with Gasteiger partial charge in [-0.15, -0.1) is 0 Å². The van der Waals surface area contributed by atoms with E-state index in [1.165, 1.54) is 6.20 Å². The van der Waals surface area contributed by atoms with Crippen molar-refractivity contribution in [1.82, 2.24) is 9.55 Å².